The Morgan fingerprint density at radius 1 is 1.50 bits per heavy atom. The summed E-state index contributed by atoms with van der Waals surface area (Å²) in [6.07, 6.45) is 2.38. The van der Waals surface area contributed by atoms with Gasteiger partial charge in [0.05, 0.1) is 0 Å². The highest BCUT2D eigenvalue weighted by Crippen LogP contribution is 2.39. The Balaban J connectivity index is 2.19. The Morgan fingerprint density at radius 2 is 2.25 bits per heavy atom. The molecule has 1 saturated heterocycles. The number of hydrogen-bond donors (Lipinski definition) is 1. The van der Waals surface area contributed by atoms with E-state index in [9.17, 15) is 0 Å². The normalized spacial score (nSPS) is 20.4. The fraction of sp³-hybridized carbons (Fsp3) is 0.636. The summed E-state index contributed by atoms with van der Waals surface area (Å²) < 4.78 is 1.17. The van der Waals surface area contributed by atoms with Crippen molar-refractivity contribution >= 4 is 27.3 Å². The Hall–Kier alpha value is -0.260. The SMILES string of the molecule is CN=NC(c1sccc1Br)C1CCNCC1. The van der Waals surface area contributed by atoms with Crippen LogP contribution in [0.2, 0.25) is 0 Å². The lowest BCUT2D eigenvalue weighted by Crippen LogP contribution is -2.30. The Labute approximate surface area is 108 Å². The number of halogens is 1. The van der Waals surface area contributed by atoms with E-state index in [4.69, 9.17) is 0 Å². The zero-order valence-electron chi connectivity index (χ0n) is 9.32. The van der Waals surface area contributed by atoms with Gasteiger partial charge in [-0.15, -0.1) is 11.3 Å². The summed E-state index contributed by atoms with van der Waals surface area (Å²) in [6, 6.07) is 2.33. The molecule has 2 heterocycles. The van der Waals surface area contributed by atoms with Crippen molar-refractivity contribution in [2.45, 2.75) is 18.9 Å². The summed E-state index contributed by atoms with van der Waals surface area (Å²) in [5, 5.41) is 13.9. The summed E-state index contributed by atoms with van der Waals surface area (Å²) >= 11 is 5.37. The molecule has 1 atom stereocenters. The zero-order valence-corrected chi connectivity index (χ0v) is 11.7. The first-order chi connectivity index (χ1) is 7.83. The minimum absolute atomic E-state index is 0.237. The predicted molar refractivity (Wildman–Crippen MR) is 71.1 cm³/mol. The molecular formula is C11H16BrN3S. The van der Waals surface area contributed by atoms with Crippen LogP contribution in [0.1, 0.15) is 23.8 Å². The van der Waals surface area contributed by atoms with Gasteiger partial charge in [-0.3, -0.25) is 0 Å². The average Bonchev–Trinajstić information content (AvgIpc) is 2.73. The first-order valence-electron chi connectivity index (χ1n) is 5.55. The quantitative estimate of drug-likeness (QED) is 0.850. The maximum absolute atomic E-state index is 4.43. The second-order valence-corrected chi connectivity index (χ2v) is 5.78. The largest absolute Gasteiger partial charge is 0.317 e. The smallest absolute Gasteiger partial charge is 0.109 e. The molecule has 0 bridgehead atoms. The molecule has 1 aromatic heterocycles. The highest BCUT2D eigenvalue weighted by Gasteiger charge is 2.27. The molecule has 1 aliphatic rings. The monoisotopic (exact) mass is 301 g/mol. The average molecular weight is 302 g/mol. The number of thiophene rings is 1. The Morgan fingerprint density at radius 3 is 2.81 bits per heavy atom. The molecule has 0 saturated carbocycles. The predicted octanol–water partition coefficient (Wildman–Crippen LogP) is 3.63. The van der Waals surface area contributed by atoms with E-state index in [2.05, 4.69) is 42.9 Å². The van der Waals surface area contributed by atoms with Gasteiger partial charge < -0.3 is 5.32 Å². The molecule has 2 rings (SSSR count). The van der Waals surface area contributed by atoms with Crippen molar-refractivity contribution < 1.29 is 0 Å². The summed E-state index contributed by atoms with van der Waals surface area (Å²) in [4.78, 5) is 1.32. The van der Waals surface area contributed by atoms with Crippen molar-refractivity contribution in [3.63, 3.8) is 0 Å². The van der Waals surface area contributed by atoms with Gasteiger partial charge in [0.2, 0.25) is 0 Å². The van der Waals surface area contributed by atoms with Crippen molar-refractivity contribution in [2.75, 3.05) is 20.1 Å². The number of rotatable bonds is 3. The van der Waals surface area contributed by atoms with Gasteiger partial charge in [-0.1, -0.05) is 0 Å². The van der Waals surface area contributed by atoms with Crippen LogP contribution >= 0.6 is 27.3 Å². The van der Waals surface area contributed by atoms with Crippen LogP contribution in [0.3, 0.4) is 0 Å². The minimum atomic E-state index is 0.237. The molecule has 5 heteroatoms. The number of hydrogen-bond acceptors (Lipinski definition) is 4. The molecule has 0 aliphatic carbocycles. The topological polar surface area (TPSA) is 36.8 Å². The molecule has 0 spiro atoms. The lowest BCUT2D eigenvalue weighted by molar-refractivity contribution is 0.319. The molecule has 3 nitrogen and oxygen atoms in total. The van der Waals surface area contributed by atoms with E-state index in [1.165, 1.54) is 22.2 Å². The maximum Gasteiger partial charge on any atom is 0.109 e. The van der Waals surface area contributed by atoms with Crippen LogP contribution in [0, 0.1) is 5.92 Å². The van der Waals surface area contributed by atoms with E-state index < -0.39 is 0 Å². The summed E-state index contributed by atoms with van der Waals surface area (Å²) in [5.74, 6) is 0.625. The number of nitrogens with one attached hydrogen (secondary N) is 1. The Bertz CT molecular complexity index is 358. The van der Waals surface area contributed by atoms with E-state index in [-0.39, 0.29) is 6.04 Å². The molecule has 0 radical (unpaired) electrons. The standard InChI is InChI=1S/C11H16BrN3S/c1-13-15-10(8-2-5-14-6-3-8)11-9(12)4-7-16-11/h4,7-8,10,14H,2-3,5-6H2,1H3. The van der Waals surface area contributed by atoms with Crippen LogP contribution in [0.15, 0.2) is 26.1 Å². The summed E-state index contributed by atoms with van der Waals surface area (Å²) in [5.41, 5.74) is 0. The van der Waals surface area contributed by atoms with Crippen LogP contribution in [0.4, 0.5) is 0 Å². The van der Waals surface area contributed by atoms with Crippen LogP contribution in [0.5, 0.6) is 0 Å². The summed E-state index contributed by atoms with van der Waals surface area (Å²) in [7, 11) is 1.76. The van der Waals surface area contributed by atoms with Gasteiger partial charge in [0.1, 0.15) is 6.04 Å². The van der Waals surface area contributed by atoms with Gasteiger partial charge in [-0.05, 0) is 59.2 Å². The van der Waals surface area contributed by atoms with E-state index >= 15 is 0 Å². The maximum atomic E-state index is 4.43. The second-order valence-electron chi connectivity index (χ2n) is 3.98. The lowest BCUT2D eigenvalue weighted by atomic mass is 9.90. The molecule has 1 N–H and O–H groups in total. The number of nitrogens with zero attached hydrogens (tertiary/aromatic N) is 2. The first-order valence-corrected chi connectivity index (χ1v) is 7.22. The zero-order chi connectivity index (χ0) is 11.4. The van der Waals surface area contributed by atoms with E-state index in [1.807, 2.05) is 0 Å². The molecule has 16 heavy (non-hydrogen) atoms. The minimum Gasteiger partial charge on any atom is -0.317 e. The molecule has 1 unspecified atom stereocenters. The molecule has 1 aromatic rings. The van der Waals surface area contributed by atoms with Crippen LogP contribution in [-0.4, -0.2) is 20.1 Å². The van der Waals surface area contributed by atoms with Crippen molar-refractivity contribution in [3.8, 4) is 0 Å². The van der Waals surface area contributed by atoms with Crippen molar-refractivity contribution in [3.05, 3.63) is 20.8 Å². The van der Waals surface area contributed by atoms with E-state index in [1.54, 1.807) is 18.4 Å². The van der Waals surface area contributed by atoms with Crippen molar-refractivity contribution in [2.24, 2.45) is 16.1 Å². The van der Waals surface area contributed by atoms with Gasteiger partial charge in [-0.2, -0.15) is 10.2 Å². The first kappa shape index (κ1) is 12.2. The van der Waals surface area contributed by atoms with E-state index in [0.29, 0.717) is 5.92 Å². The lowest BCUT2D eigenvalue weighted by Gasteiger charge is -2.27. The van der Waals surface area contributed by atoms with E-state index in [0.717, 1.165) is 13.1 Å². The van der Waals surface area contributed by atoms with Crippen LogP contribution < -0.4 is 5.32 Å². The molecule has 1 aliphatic heterocycles. The van der Waals surface area contributed by atoms with Gasteiger partial charge in [0.15, 0.2) is 0 Å². The third-order valence-electron chi connectivity index (χ3n) is 2.98. The third-order valence-corrected chi connectivity index (χ3v) is 4.93. The van der Waals surface area contributed by atoms with Gasteiger partial charge in [-0.25, -0.2) is 0 Å². The molecule has 0 aromatic carbocycles. The highest BCUT2D eigenvalue weighted by atomic mass is 79.9. The van der Waals surface area contributed by atoms with Crippen LogP contribution in [-0.2, 0) is 0 Å². The second kappa shape index (κ2) is 5.89. The van der Waals surface area contributed by atoms with Crippen molar-refractivity contribution in [1.82, 2.24) is 5.32 Å². The molecule has 1 fully saturated rings. The third kappa shape index (κ3) is 2.70. The molecule has 0 amide bonds. The number of azo groups is 1. The van der Waals surface area contributed by atoms with Gasteiger partial charge >= 0.3 is 0 Å². The molecule has 88 valence electrons. The number of piperidine rings is 1. The van der Waals surface area contributed by atoms with Gasteiger partial charge in [0, 0.05) is 16.4 Å². The van der Waals surface area contributed by atoms with Gasteiger partial charge in [0.25, 0.3) is 0 Å². The highest BCUT2D eigenvalue weighted by molar-refractivity contribution is 9.10. The fourth-order valence-electron chi connectivity index (χ4n) is 2.16. The Kier molecular flexibility index (Phi) is 4.49. The van der Waals surface area contributed by atoms with Crippen LogP contribution in [0.25, 0.3) is 0 Å². The molecular weight excluding hydrogens is 286 g/mol. The fourth-order valence-corrected chi connectivity index (χ4v) is 3.89. The van der Waals surface area contributed by atoms with Crippen molar-refractivity contribution in [1.29, 1.82) is 0 Å². The summed E-state index contributed by atoms with van der Waals surface area (Å²) in [6.45, 7) is 2.20.